The molecule has 0 saturated carbocycles. The Bertz CT molecular complexity index is 2800. The summed E-state index contributed by atoms with van der Waals surface area (Å²) in [6, 6.07) is 52.8. The largest absolute Gasteiger partial charge is 0.392 e. The molecule has 1 nitrogen and oxygen atoms in total. The third-order valence-electron chi connectivity index (χ3n) is 14.2. The zero-order valence-electron chi connectivity index (χ0n) is 36.9. The molecule has 61 heavy (non-hydrogen) atoms. The highest BCUT2D eigenvalue weighted by molar-refractivity contribution is 6.30. The number of hydrogen-bond acceptors (Lipinski definition) is 1. The Balaban J connectivity index is 1.45. The van der Waals surface area contributed by atoms with Crippen LogP contribution in [0, 0.1) is 0 Å². The highest BCUT2D eigenvalue weighted by Gasteiger charge is 2.43. The Labute approximate surface area is 364 Å². The summed E-state index contributed by atoms with van der Waals surface area (Å²) >= 11 is 0. The molecule has 0 saturated heterocycles. The summed E-state index contributed by atoms with van der Waals surface area (Å²) in [6.07, 6.45) is 14.2. The second-order valence-corrected chi connectivity index (χ2v) is 17.7. The van der Waals surface area contributed by atoms with Gasteiger partial charge >= 0.3 is 0 Å². The van der Waals surface area contributed by atoms with Gasteiger partial charge in [-0.25, -0.2) is 0 Å². The normalized spacial score (nSPS) is 13.0. The zero-order valence-corrected chi connectivity index (χ0v) is 36.9. The van der Waals surface area contributed by atoms with E-state index in [0.29, 0.717) is 0 Å². The molecule has 1 heteroatoms. The van der Waals surface area contributed by atoms with Crippen LogP contribution in [-0.4, -0.2) is 5.11 Å². The van der Waals surface area contributed by atoms with Gasteiger partial charge in [0.15, 0.2) is 0 Å². The Morgan fingerprint density at radius 3 is 1.48 bits per heavy atom. The average molecular weight is 799 g/mol. The summed E-state index contributed by atoms with van der Waals surface area (Å²) in [5.74, 6) is 0. The average Bonchev–Trinajstić information content (AvgIpc) is 3.58. The Hall–Kier alpha value is -5.50. The lowest BCUT2D eigenvalue weighted by Gasteiger charge is -2.34. The smallest absolute Gasteiger partial charge is 0.0682 e. The minimum atomic E-state index is -0.0778. The minimum absolute atomic E-state index is 0.0210. The van der Waals surface area contributed by atoms with Crippen LogP contribution in [0.1, 0.15) is 120 Å². The van der Waals surface area contributed by atoms with E-state index in [4.69, 9.17) is 0 Å². The monoisotopic (exact) mass is 798 g/mol. The molecule has 0 radical (unpaired) electrons. The van der Waals surface area contributed by atoms with Crippen molar-refractivity contribution in [2.45, 2.75) is 117 Å². The van der Waals surface area contributed by atoms with E-state index >= 15 is 0 Å². The summed E-state index contributed by atoms with van der Waals surface area (Å²) in [5, 5.41) is 18.6. The number of hydrogen-bond donors (Lipinski definition) is 1. The van der Waals surface area contributed by atoms with Crippen molar-refractivity contribution in [3.8, 4) is 44.5 Å². The van der Waals surface area contributed by atoms with Gasteiger partial charge in [0.1, 0.15) is 0 Å². The second-order valence-electron chi connectivity index (χ2n) is 17.7. The molecule has 0 spiro atoms. The van der Waals surface area contributed by atoms with Crippen LogP contribution in [0.25, 0.3) is 76.8 Å². The van der Waals surface area contributed by atoms with Crippen LogP contribution in [0.15, 0.2) is 140 Å². The van der Waals surface area contributed by atoms with Crippen molar-refractivity contribution in [1.82, 2.24) is 0 Å². The van der Waals surface area contributed by atoms with Crippen molar-refractivity contribution < 1.29 is 5.11 Å². The lowest BCUT2D eigenvalue weighted by molar-refractivity contribution is 0.282. The fourth-order valence-corrected chi connectivity index (χ4v) is 11.3. The molecular weight excluding hydrogens is 737 g/mol. The van der Waals surface area contributed by atoms with E-state index in [9.17, 15) is 5.11 Å². The first-order valence-corrected chi connectivity index (χ1v) is 23.5. The van der Waals surface area contributed by atoms with Crippen LogP contribution in [0.5, 0.6) is 0 Å². The van der Waals surface area contributed by atoms with Gasteiger partial charge in [-0.15, -0.1) is 0 Å². The SMILES string of the molecule is CCCCCCC1(CCCCCC)c2cc(-c3ccccc3)ccc2-c2cc3c4cc(CO)ccc4c4c(CC)c(-c5ccccc5)c(-c5ccccc5)c(CC)c4c3cc21. The molecule has 8 aromatic rings. The van der Waals surface area contributed by atoms with Crippen molar-refractivity contribution in [1.29, 1.82) is 0 Å². The van der Waals surface area contributed by atoms with Crippen LogP contribution in [-0.2, 0) is 24.9 Å². The van der Waals surface area contributed by atoms with E-state index in [0.717, 1.165) is 31.2 Å². The van der Waals surface area contributed by atoms with Crippen molar-refractivity contribution in [3.63, 3.8) is 0 Å². The van der Waals surface area contributed by atoms with E-state index in [1.807, 2.05) is 0 Å². The molecule has 0 atom stereocenters. The Morgan fingerprint density at radius 2 is 0.934 bits per heavy atom. The van der Waals surface area contributed by atoms with Gasteiger partial charge in [-0.05, 0) is 155 Å². The van der Waals surface area contributed by atoms with E-state index in [1.54, 1.807) is 0 Å². The van der Waals surface area contributed by atoms with Crippen LogP contribution in [0.3, 0.4) is 0 Å². The maximum atomic E-state index is 10.6. The molecular formula is C60H62O. The Morgan fingerprint density at radius 1 is 0.410 bits per heavy atom. The van der Waals surface area contributed by atoms with Gasteiger partial charge in [-0.2, -0.15) is 0 Å². The minimum Gasteiger partial charge on any atom is -0.392 e. The summed E-state index contributed by atoms with van der Waals surface area (Å²) in [4.78, 5) is 0. The second kappa shape index (κ2) is 17.8. The fraction of sp³-hybridized carbons (Fsp3) is 0.300. The molecule has 0 heterocycles. The van der Waals surface area contributed by atoms with E-state index < -0.39 is 0 Å². The molecule has 1 aliphatic carbocycles. The molecule has 0 bridgehead atoms. The topological polar surface area (TPSA) is 20.2 Å². The third kappa shape index (κ3) is 7.19. The van der Waals surface area contributed by atoms with Gasteiger partial charge in [0.2, 0.25) is 0 Å². The number of aliphatic hydroxyl groups is 1. The van der Waals surface area contributed by atoms with Gasteiger partial charge in [-0.1, -0.05) is 194 Å². The predicted molar refractivity (Wildman–Crippen MR) is 264 cm³/mol. The van der Waals surface area contributed by atoms with Gasteiger partial charge < -0.3 is 5.11 Å². The molecule has 0 aliphatic heterocycles. The number of fused-ring (bicyclic) bond motifs is 9. The number of benzene rings is 8. The summed E-state index contributed by atoms with van der Waals surface area (Å²) < 4.78 is 0. The summed E-state index contributed by atoms with van der Waals surface area (Å²) in [5.41, 5.74) is 17.4. The highest BCUT2D eigenvalue weighted by atomic mass is 16.3. The molecule has 0 amide bonds. The van der Waals surface area contributed by atoms with Gasteiger partial charge in [-0.3, -0.25) is 0 Å². The first-order valence-electron chi connectivity index (χ1n) is 23.5. The predicted octanol–water partition coefficient (Wildman–Crippen LogP) is 17.0. The van der Waals surface area contributed by atoms with E-state index in [-0.39, 0.29) is 12.0 Å². The maximum absolute atomic E-state index is 10.6. The number of aliphatic hydroxyl groups excluding tert-OH is 1. The summed E-state index contributed by atoms with van der Waals surface area (Å²) in [7, 11) is 0. The van der Waals surface area contributed by atoms with Crippen LogP contribution >= 0.6 is 0 Å². The number of aryl methyl sites for hydroxylation is 2. The lowest BCUT2D eigenvalue weighted by Crippen LogP contribution is -2.25. The molecule has 0 aromatic heterocycles. The van der Waals surface area contributed by atoms with Crippen molar-refractivity contribution >= 4 is 32.3 Å². The maximum Gasteiger partial charge on any atom is 0.0682 e. The molecule has 8 aromatic carbocycles. The molecule has 308 valence electrons. The molecule has 9 rings (SSSR count). The fourth-order valence-electron chi connectivity index (χ4n) is 11.3. The van der Waals surface area contributed by atoms with Gasteiger partial charge in [0.25, 0.3) is 0 Å². The standard InChI is InChI=1S/C60H62O/c1-5-9-11-22-34-60(35-23-12-10-6-2)54-37-45(42-24-16-13-17-25-42)31-33-48(54)52-38-51-50-36-41(40-61)30-32-49(50)58-46(7-3)56(43-26-18-14-19-27-43)57(44-28-20-15-21-29-44)47(8-4)59(58)53(51)39-55(52)60/h13-21,24-33,36-39,61H,5-12,22-23,34-35,40H2,1-4H3. The summed E-state index contributed by atoms with van der Waals surface area (Å²) in [6.45, 7) is 9.40. The van der Waals surface area contributed by atoms with Crippen molar-refractivity contribution in [2.24, 2.45) is 0 Å². The first-order chi connectivity index (χ1) is 30.1. The van der Waals surface area contributed by atoms with Crippen LogP contribution < -0.4 is 0 Å². The lowest BCUT2D eigenvalue weighted by atomic mass is 9.69. The highest BCUT2D eigenvalue weighted by Crippen LogP contribution is 2.58. The molecule has 1 N–H and O–H groups in total. The number of unbranched alkanes of at least 4 members (excludes halogenated alkanes) is 6. The third-order valence-corrected chi connectivity index (χ3v) is 14.2. The van der Waals surface area contributed by atoms with Gasteiger partial charge in [0, 0.05) is 5.41 Å². The Kier molecular flexibility index (Phi) is 12.0. The zero-order chi connectivity index (χ0) is 41.9. The van der Waals surface area contributed by atoms with Crippen LogP contribution in [0.4, 0.5) is 0 Å². The number of rotatable bonds is 16. The molecule has 1 aliphatic rings. The van der Waals surface area contributed by atoms with E-state index in [2.05, 4.69) is 167 Å². The van der Waals surface area contributed by atoms with E-state index in [1.165, 1.54) is 150 Å². The van der Waals surface area contributed by atoms with Crippen LogP contribution in [0.2, 0.25) is 0 Å². The molecule has 0 fully saturated rings. The molecule has 0 unspecified atom stereocenters. The van der Waals surface area contributed by atoms with Crippen molar-refractivity contribution in [2.75, 3.05) is 0 Å². The first kappa shape index (κ1) is 40.9. The van der Waals surface area contributed by atoms with Crippen molar-refractivity contribution in [3.05, 3.63) is 167 Å². The van der Waals surface area contributed by atoms with Gasteiger partial charge in [0.05, 0.1) is 6.61 Å². The quantitative estimate of drug-likeness (QED) is 0.0762.